The van der Waals surface area contributed by atoms with Crippen molar-refractivity contribution in [2.75, 3.05) is 6.26 Å². The van der Waals surface area contributed by atoms with E-state index < -0.39 is 15.5 Å². The molecule has 11 heteroatoms. The van der Waals surface area contributed by atoms with E-state index >= 15 is 0 Å². The molecule has 0 amide bonds. The molecule has 182 valence electrons. The summed E-state index contributed by atoms with van der Waals surface area (Å²) in [5.74, 6) is 0. The minimum atomic E-state index is -3.42. The highest BCUT2D eigenvalue weighted by molar-refractivity contribution is 7.90. The van der Waals surface area contributed by atoms with Crippen LogP contribution in [0.1, 0.15) is 5.56 Å². The molecular weight excluding hydrogens is 543 g/mol. The van der Waals surface area contributed by atoms with Gasteiger partial charge >= 0.3 is 5.69 Å². The second-order valence-corrected chi connectivity index (χ2v) is 11.4. The molecule has 0 aliphatic rings. The fourth-order valence-electron chi connectivity index (χ4n) is 3.86. The van der Waals surface area contributed by atoms with Crippen molar-refractivity contribution in [2.45, 2.75) is 11.4 Å². The van der Waals surface area contributed by atoms with Gasteiger partial charge in [0.15, 0.2) is 15.5 Å². The molecule has 5 rings (SSSR count). The summed E-state index contributed by atoms with van der Waals surface area (Å²) < 4.78 is 26.1. The lowest BCUT2D eigenvalue weighted by molar-refractivity contribution is 0.601. The molecule has 0 unspecified atom stereocenters. The summed E-state index contributed by atoms with van der Waals surface area (Å²) in [6.45, 7) is 0.0292. The molecule has 5 aromatic rings. The maximum atomic E-state index is 13.2. The molecule has 0 N–H and O–H groups in total. The minimum absolute atomic E-state index is 0.0292. The van der Waals surface area contributed by atoms with Crippen LogP contribution in [0.3, 0.4) is 0 Å². The van der Waals surface area contributed by atoms with Gasteiger partial charge in [0, 0.05) is 32.5 Å². The predicted octanol–water partition coefficient (Wildman–Crippen LogP) is 5.64. The number of hydrogen-bond acceptors (Lipinski definition) is 5. The van der Waals surface area contributed by atoms with Crippen molar-refractivity contribution in [1.82, 2.24) is 19.4 Å². The smallest absolute Gasteiger partial charge is 0.244 e. The van der Waals surface area contributed by atoms with Gasteiger partial charge in [0.25, 0.3) is 0 Å². The van der Waals surface area contributed by atoms with Gasteiger partial charge in [-0.1, -0.05) is 65.1 Å². The van der Waals surface area contributed by atoms with Crippen LogP contribution >= 0.6 is 34.8 Å². The lowest BCUT2D eigenvalue weighted by atomic mass is 9.97. The van der Waals surface area contributed by atoms with Crippen molar-refractivity contribution in [1.29, 1.82) is 0 Å². The summed E-state index contributed by atoms with van der Waals surface area (Å²) in [6, 6.07) is 18.9. The van der Waals surface area contributed by atoms with E-state index in [1.807, 2.05) is 24.3 Å². The second kappa shape index (κ2) is 9.37. The summed E-state index contributed by atoms with van der Waals surface area (Å²) >= 11 is 18.5. The van der Waals surface area contributed by atoms with Gasteiger partial charge in [-0.3, -0.25) is 0 Å². The first-order valence-corrected chi connectivity index (χ1v) is 13.6. The summed E-state index contributed by atoms with van der Waals surface area (Å²) in [4.78, 5) is 13.3. The van der Waals surface area contributed by atoms with E-state index in [1.54, 1.807) is 36.5 Å². The van der Waals surface area contributed by atoms with Gasteiger partial charge in [0.2, 0.25) is 0 Å². The van der Waals surface area contributed by atoms with E-state index in [0.29, 0.717) is 26.8 Å². The molecule has 36 heavy (non-hydrogen) atoms. The Morgan fingerprint density at radius 1 is 0.861 bits per heavy atom. The second-order valence-electron chi connectivity index (χ2n) is 8.15. The molecule has 2 heterocycles. The average molecular weight is 560 g/mol. The van der Waals surface area contributed by atoms with Crippen LogP contribution in [0.5, 0.6) is 0 Å². The number of benzene rings is 3. The zero-order valence-corrected chi connectivity index (χ0v) is 21.8. The number of fused-ring (bicyclic) bond motifs is 1. The standard InChI is InChI=1S/C25H17Cl3N4O3S/c1-36(34,35)20-11-6-17(22(28)12-20)14-31-25(33)32-24(30-31)23(16-4-9-19(27)10-5-16)21(13-29-32)15-2-7-18(26)8-3-15/h2-13H,14H2,1H3. The molecule has 0 saturated heterocycles. The molecule has 7 nitrogen and oxygen atoms in total. The fraction of sp³-hybridized carbons (Fsp3) is 0.0800. The molecule has 0 bridgehead atoms. The van der Waals surface area contributed by atoms with Gasteiger partial charge in [-0.05, 0) is 53.1 Å². The normalized spacial score (nSPS) is 11.8. The highest BCUT2D eigenvalue weighted by atomic mass is 35.5. The van der Waals surface area contributed by atoms with E-state index in [0.717, 1.165) is 22.9 Å². The highest BCUT2D eigenvalue weighted by Gasteiger charge is 2.20. The Labute approximate surface area is 221 Å². The molecule has 0 atom stereocenters. The third kappa shape index (κ3) is 4.65. The summed E-state index contributed by atoms with van der Waals surface area (Å²) in [7, 11) is -3.42. The molecule has 0 saturated carbocycles. The quantitative estimate of drug-likeness (QED) is 0.278. The van der Waals surface area contributed by atoms with E-state index in [4.69, 9.17) is 34.8 Å². The van der Waals surface area contributed by atoms with Gasteiger partial charge < -0.3 is 0 Å². The fourth-order valence-corrected chi connectivity index (χ4v) is 5.06. The van der Waals surface area contributed by atoms with Gasteiger partial charge in [0.05, 0.1) is 17.6 Å². The number of aromatic nitrogens is 4. The van der Waals surface area contributed by atoms with Crippen LogP contribution in [0, 0.1) is 0 Å². The van der Waals surface area contributed by atoms with Crippen LogP contribution in [-0.4, -0.2) is 34.1 Å². The first kappa shape index (κ1) is 24.5. The van der Waals surface area contributed by atoms with Crippen LogP contribution in [0.2, 0.25) is 15.1 Å². The van der Waals surface area contributed by atoms with Crippen LogP contribution in [0.25, 0.3) is 27.9 Å². The van der Waals surface area contributed by atoms with E-state index in [2.05, 4.69) is 10.2 Å². The van der Waals surface area contributed by atoms with Crippen molar-refractivity contribution in [3.05, 3.63) is 104 Å². The SMILES string of the molecule is CS(=O)(=O)c1ccc(Cn2nc3c(-c4ccc(Cl)cc4)c(-c4ccc(Cl)cc4)cnn3c2=O)c(Cl)c1. The maximum Gasteiger partial charge on any atom is 0.367 e. The van der Waals surface area contributed by atoms with Gasteiger partial charge in [-0.15, -0.1) is 5.10 Å². The van der Waals surface area contributed by atoms with E-state index in [-0.39, 0.29) is 16.5 Å². The molecule has 0 radical (unpaired) electrons. The lowest BCUT2D eigenvalue weighted by Gasteiger charge is -2.11. The molecule has 0 aliphatic carbocycles. The van der Waals surface area contributed by atoms with Crippen molar-refractivity contribution >= 4 is 50.3 Å². The van der Waals surface area contributed by atoms with Crippen LogP contribution in [0.15, 0.2) is 82.6 Å². The van der Waals surface area contributed by atoms with Crippen LogP contribution < -0.4 is 5.69 Å². The monoisotopic (exact) mass is 558 g/mol. The first-order chi connectivity index (χ1) is 17.1. The Morgan fingerprint density at radius 3 is 2.06 bits per heavy atom. The number of rotatable bonds is 5. The van der Waals surface area contributed by atoms with Crippen LogP contribution in [0.4, 0.5) is 0 Å². The van der Waals surface area contributed by atoms with E-state index in [1.165, 1.54) is 21.3 Å². The molecule has 0 aliphatic heterocycles. The summed E-state index contributed by atoms with van der Waals surface area (Å²) in [5, 5.41) is 10.3. The Balaban J connectivity index is 1.69. The van der Waals surface area contributed by atoms with Gasteiger partial charge in [-0.25, -0.2) is 17.9 Å². The Bertz CT molecular complexity index is 1780. The average Bonchev–Trinajstić information content (AvgIpc) is 3.15. The number of nitrogens with zero attached hydrogens (tertiary/aromatic N) is 4. The zero-order chi connectivity index (χ0) is 25.6. The van der Waals surface area contributed by atoms with Gasteiger partial charge in [0.1, 0.15) is 0 Å². The maximum absolute atomic E-state index is 13.2. The summed E-state index contributed by atoms with van der Waals surface area (Å²) in [6.07, 6.45) is 2.72. The molecule has 2 aromatic heterocycles. The Morgan fingerprint density at radius 2 is 1.47 bits per heavy atom. The Hall–Kier alpha value is -3.17. The number of halogens is 3. The van der Waals surface area contributed by atoms with E-state index in [9.17, 15) is 13.2 Å². The van der Waals surface area contributed by atoms with Gasteiger partial charge in [-0.2, -0.15) is 9.61 Å². The van der Waals surface area contributed by atoms with Crippen molar-refractivity contribution in [3.8, 4) is 22.3 Å². The molecule has 0 spiro atoms. The lowest BCUT2D eigenvalue weighted by Crippen LogP contribution is -2.23. The minimum Gasteiger partial charge on any atom is -0.244 e. The molecule has 3 aromatic carbocycles. The highest BCUT2D eigenvalue weighted by Crippen LogP contribution is 2.35. The molecular formula is C25H17Cl3N4O3S. The number of hydrogen-bond donors (Lipinski definition) is 0. The van der Waals surface area contributed by atoms with Crippen LogP contribution in [-0.2, 0) is 16.4 Å². The first-order valence-electron chi connectivity index (χ1n) is 10.6. The molecule has 0 fully saturated rings. The summed E-state index contributed by atoms with van der Waals surface area (Å²) in [5.41, 5.74) is 3.52. The largest absolute Gasteiger partial charge is 0.367 e. The van der Waals surface area contributed by atoms with Crippen molar-refractivity contribution in [2.24, 2.45) is 0 Å². The zero-order valence-electron chi connectivity index (χ0n) is 18.7. The van der Waals surface area contributed by atoms with Crippen molar-refractivity contribution < 1.29 is 8.42 Å². The number of sulfone groups is 1. The predicted molar refractivity (Wildman–Crippen MR) is 142 cm³/mol. The Kier molecular flexibility index (Phi) is 6.38. The third-order valence-corrected chi connectivity index (χ3v) is 7.64. The van der Waals surface area contributed by atoms with Crippen molar-refractivity contribution in [3.63, 3.8) is 0 Å². The topological polar surface area (TPSA) is 86.3 Å². The third-order valence-electron chi connectivity index (χ3n) is 5.67.